The maximum absolute atomic E-state index is 13.0. The summed E-state index contributed by atoms with van der Waals surface area (Å²) in [5.41, 5.74) is 2.59. The molecule has 29 heavy (non-hydrogen) atoms. The second-order valence-electron chi connectivity index (χ2n) is 6.88. The lowest BCUT2D eigenvalue weighted by atomic mass is 9.90. The molecule has 5 nitrogen and oxygen atoms in total. The van der Waals surface area contributed by atoms with Crippen LogP contribution in [0, 0.1) is 0 Å². The maximum atomic E-state index is 13.0. The first-order valence-corrected chi connectivity index (χ1v) is 9.50. The third-order valence-electron chi connectivity index (χ3n) is 4.72. The minimum atomic E-state index is -0.564. The molecule has 148 valence electrons. The third kappa shape index (κ3) is 5.53. The van der Waals surface area contributed by atoms with Gasteiger partial charge in [-0.25, -0.2) is 0 Å². The molecule has 3 aromatic rings. The molecule has 5 heteroatoms. The van der Waals surface area contributed by atoms with E-state index in [9.17, 15) is 14.7 Å². The summed E-state index contributed by atoms with van der Waals surface area (Å²) in [6.07, 6.45) is 0. The van der Waals surface area contributed by atoms with Gasteiger partial charge in [0, 0.05) is 6.54 Å². The molecule has 0 saturated carbocycles. The molecule has 1 atom stereocenters. The topological polar surface area (TPSA) is 78.4 Å². The van der Waals surface area contributed by atoms with Gasteiger partial charge in [0.2, 0.25) is 11.8 Å². The number of rotatable bonds is 7. The molecular formula is C24H24N2O3. The number of amides is 2. The van der Waals surface area contributed by atoms with Crippen LogP contribution in [-0.4, -0.2) is 23.0 Å². The van der Waals surface area contributed by atoms with Crippen LogP contribution >= 0.6 is 0 Å². The second-order valence-corrected chi connectivity index (χ2v) is 6.88. The number of phenols is 1. The Morgan fingerprint density at radius 1 is 0.793 bits per heavy atom. The fourth-order valence-corrected chi connectivity index (χ4v) is 3.07. The number of aromatic hydroxyl groups is 1. The Bertz CT molecular complexity index is 901. The normalized spacial score (nSPS) is 11.8. The van der Waals surface area contributed by atoms with Crippen LogP contribution in [0.15, 0.2) is 84.9 Å². The van der Waals surface area contributed by atoms with Crippen LogP contribution in [0.25, 0.3) is 0 Å². The van der Waals surface area contributed by atoms with Crippen molar-refractivity contribution in [2.75, 3.05) is 0 Å². The van der Waals surface area contributed by atoms with Crippen LogP contribution < -0.4 is 10.6 Å². The molecule has 0 spiro atoms. The zero-order chi connectivity index (χ0) is 20.6. The summed E-state index contributed by atoms with van der Waals surface area (Å²) in [4.78, 5) is 25.5. The lowest BCUT2D eigenvalue weighted by molar-refractivity contribution is -0.131. The van der Waals surface area contributed by atoms with Crippen molar-refractivity contribution in [2.24, 2.45) is 0 Å². The smallest absolute Gasteiger partial charge is 0.243 e. The van der Waals surface area contributed by atoms with Crippen molar-refractivity contribution in [3.63, 3.8) is 0 Å². The highest BCUT2D eigenvalue weighted by molar-refractivity contribution is 6.01. The van der Waals surface area contributed by atoms with E-state index in [1.54, 1.807) is 31.2 Å². The van der Waals surface area contributed by atoms with Crippen molar-refractivity contribution in [1.82, 2.24) is 10.6 Å². The first-order valence-electron chi connectivity index (χ1n) is 9.50. The van der Waals surface area contributed by atoms with Gasteiger partial charge in [-0.1, -0.05) is 72.8 Å². The highest BCUT2D eigenvalue weighted by Crippen LogP contribution is 2.24. The Balaban J connectivity index is 1.67. The van der Waals surface area contributed by atoms with Gasteiger partial charge in [-0.05, 0) is 35.7 Å². The van der Waals surface area contributed by atoms with E-state index in [0.29, 0.717) is 6.54 Å². The standard InChI is InChI=1S/C24H24N2O3/c1-17(25-16-18-12-14-21(27)15-13-18)23(28)26-24(29)22(19-8-4-2-5-9-19)20-10-6-3-7-11-20/h2-15,17,22,25,27H,16H2,1H3,(H,26,28,29)/t17-/m0/s1. The molecule has 0 aliphatic rings. The second kappa shape index (κ2) is 9.66. The van der Waals surface area contributed by atoms with Crippen molar-refractivity contribution in [1.29, 1.82) is 0 Å². The van der Waals surface area contributed by atoms with Gasteiger partial charge in [0.15, 0.2) is 0 Å². The average Bonchev–Trinajstić information content (AvgIpc) is 2.75. The van der Waals surface area contributed by atoms with Crippen molar-refractivity contribution < 1.29 is 14.7 Å². The molecule has 0 heterocycles. The average molecular weight is 388 g/mol. The maximum Gasteiger partial charge on any atom is 0.243 e. The van der Waals surface area contributed by atoms with E-state index in [0.717, 1.165) is 16.7 Å². The lowest BCUT2D eigenvalue weighted by Crippen LogP contribution is -2.45. The number of nitrogens with one attached hydrogen (secondary N) is 2. The lowest BCUT2D eigenvalue weighted by Gasteiger charge is -2.19. The largest absolute Gasteiger partial charge is 0.508 e. The van der Waals surface area contributed by atoms with Gasteiger partial charge < -0.3 is 10.4 Å². The zero-order valence-corrected chi connectivity index (χ0v) is 16.2. The van der Waals surface area contributed by atoms with E-state index in [2.05, 4.69) is 10.6 Å². The Labute approximate surface area is 170 Å². The molecule has 0 aliphatic heterocycles. The number of hydrogen-bond acceptors (Lipinski definition) is 4. The van der Waals surface area contributed by atoms with Crippen LogP contribution in [0.3, 0.4) is 0 Å². The van der Waals surface area contributed by atoms with Crippen LogP contribution in [0.4, 0.5) is 0 Å². The number of imide groups is 1. The molecule has 0 saturated heterocycles. The summed E-state index contributed by atoms with van der Waals surface area (Å²) >= 11 is 0. The predicted molar refractivity (Wildman–Crippen MR) is 112 cm³/mol. The highest BCUT2D eigenvalue weighted by atomic mass is 16.3. The molecule has 3 N–H and O–H groups in total. The first kappa shape index (κ1) is 20.3. The SMILES string of the molecule is C[C@H](NCc1ccc(O)cc1)C(=O)NC(=O)C(c1ccccc1)c1ccccc1. The van der Waals surface area contributed by atoms with Gasteiger partial charge in [-0.15, -0.1) is 0 Å². The minimum Gasteiger partial charge on any atom is -0.508 e. The minimum absolute atomic E-state index is 0.193. The Hall–Kier alpha value is -3.44. The van der Waals surface area contributed by atoms with Crippen molar-refractivity contribution in [3.8, 4) is 5.75 Å². The van der Waals surface area contributed by atoms with E-state index < -0.39 is 12.0 Å². The van der Waals surface area contributed by atoms with Gasteiger partial charge in [0.05, 0.1) is 12.0 Å². The van der Waals surface area contributed by atoms with Gasteiger partial charge in [0.25, 0.3) is 0 Å². The summed E-state index contributed by atoms with van der Waals surface area (Å²) < 4.78 is 0. The van der Waals surface area contributed by atoms with E-state index in [1.807, 2.05) is 60.7 Å². The first-order chi connectivity index (χ1) is 14.0. The summed E-state index contributed by atoms with van der Waals surface area (Å²) in [5, 5.41) is 15.0. The summed E-state index contributed by atoms with van der Waals surface area (Å²) in [7, 11) is 0. The molecule has 0 radical (unpaired) electrons. The molecule has 0 aromatic heterocycles. The molecule has 0 fully saturated rings. The van der Waals surface area contributed by atoms with Crippen molar-refractivity contribution in [3.05, 3.63) is 102 Å². The number of benzene rings is 3. The van der Waals surface area contributed by atoms with Crippen LogP contribution in [0.5, 0.6) is 5.75 Å². The van der Waals surface area contributed by atoms with Crippen molar-refractivity contribution >= 4 is 11.8 Å². The molecule has 0 unspecified atom stereocenters. The molecule has 0 bridgehead atoms. The Morgan fingerprint density at radius 3 is 1.83 bits per heavy atom. The number of carbonyl (C=O) groups is 2. The summed E-state index contributed by atoms with van der Waals surface area (Å²) in [5.74, 6) is -1.11. The quantitative estimate of drug-likeness (QED) is 0.580. The zero-order valence-electron chi connectivity index (χ0n) is 16.2. The van der Waals surface area contributed by atoms with Crippen molar-refractivity contribution in [2.45, 2.75) is 25.4 Å². The fourth-order valence-electron chi connectivity index (χ4n) is 3.07. The van der Waals surface area contributed by atoms with Crippen LogP contribution in [-0.2, 0) is 16.1 Å². The monoisotopic (exact) mass is 388 g/mol. The van der Waals surface area contributed by atoms with E-state index >= 15 is 0 Å². The van der Waals surface area contributed by atoms with E-state index in [1.165, 1.54) is 0 Å². The van der Waals surface area contributed by atoms with Gasteiger partial charge in [0.1, 0.15) is 5.75 Å². The highest BCUT2D eigenvalue weighted by Gasteiger charge is 2.25. The molecule has 0 aliphatic carbocycles. The Morgan fingerprint density at radius 2 is 1.31 bits per heavy atom. The fraction of sp³-hybridized carbons (Fsp3) is 0.167. The number of phenolic OH excluding ortho intramolecular Hbond substituents is 1. The van der Waals surface area contributed by atoms with Gasteiger partial charge >= 0.3 is 0 Å². The number of carbonyl (C=O) groups excluding carboxylic acids is 2. The molecule has 2 amide bonds. The van der Waals surface area contributed by atoms with Crippen LogP contribution in [0.1, 0.15) is 29.5 Å². The Kier molecular flexibility index (Phi) is 6.76. The number of hydrogen-bond donors (Lipinski definition) is 3. The summed E-state index contributed by atoms with van der Waals surface area (Å²) in [6, 6.07) is 25.0. The summed E-state index contributed by atoms with van der Waals surface area (Å²) in [6.45, 7) is 2.16. The van der Waals surface area contributed by atoms with E-state index in [-0.39, 0.29) is 17.6 Å². The van der Waals surface area contributed by atoms with Crippen LogP contribution in [0.2, 0.25) is 0 Å². The van der Waals surface area contributed by atoms with Gasteiger partial charge in [-0.3, -0.25) is 14.9 Å². The van der Waals surface area contributed by atoms with Gasteiger partial charge in [-0.2, -0.15) is 0 Å². The molecule has 3 aromatic carbocycles. The molecular weight excluding hydrogens is 364 g/mol. The van der Waals surface area contributed by atoms with E-state index in [4.69, 9.17) is 0 Å². The molecule has 3 rings (SSSR count). The third-order valence-corrected chi connectivity index (χ3v) is 4.72. The predicted octanol–water partition coefficient (Wildman–Crippen LogP) is 3.35.